The van der Waals surface area contributed by atoms with Crippen LogP contribution in [0, 0.1) is 0 Å². The van der Waals surface area contributed by atoms with Crippen LogP contribution in [0.25, 0.3) is 43.9 Å². The monoisotopic (exact) mass is 784 g/mol. The van der Waals surface area contributed by atoms with Crippen LogP contribution in [-0.2, 0) is 0 Å². The molecule has 11 aromatic rings. The zero-order chi connectivity index (χ0) is 40.0. The first kappa shape index (κ1) is 33.8. The summed E-state index contributed by atoms with van der Waals surface area (Å²) < 4.78 is 27.4. The van der Waals surface area contributed by atoms with Gasteiger partial charge in [-0.2, -0.15) is 0 Å². The number of hydrogen-bond acceptors (Lipinski definition) is 6. The Morgan fingerprint density at radius 1 is 0.328 bits per heavy atom. The molecule has 286 valence electrons. The van der Waals surface area contributed by atoms with E-state index in [4.69, 9.17) is 18.3 Å². The quantitative estimate of drug-likeness (QED) is 0.157. The predicted molar refractivity (Wildman–Crippen MR) is 248 cm³/mol. The summed E-state index contributed by atoms with van der Waals surface area (Å²) in [6.07, 6.45) is 0. The van der Waals surface area contributed by atoms with E-state index in [0.29, 0.717) is 0 Å². The fraction of sp³-hybridized carbons (Fsp3) is 0. The molecule has 0 N–H and O–H groups in total. The molecule has 0 saturated carbocycles. The van der Waals surface area contributed by atoms with Crippen LogP contribution < -0.4 is 35.7 Å². The number of anilines is 6. The highest BCUT2D eigenvalue weighted by atomic mass is 16.5. The van der Waals surface area contributed by atoms with E-state index in [1.165, 1.54) is 0 Å². The van der Waals surface area contributed by atoms with Gasteiger partial charge in [-0.25, -0.2) is 0 Å². The zero-order valence-corrected chi connectivity index (χ0v) is 32.7. The Hall–Kier alpha value is -8.16. The first-order valence-corrected chi connectivity index (χ1v) is 20.5. The van der Waals surface area contributed by atoms with E-state index >= 15 is 0 Å². The Morgan fingerprint density at radius 3 is 1.10 bits per heavy atom. The molecule has 0 aliphatic carbocycles. The van der Waals surface area contributed by atoms with E-state index in [1.807, 2.05) is 42.5 Å². The van der Waals surface area contributed by atoms with E-state index in [-0.39, 0.29) is 6.71 Å². The SMILES string of the molecule is c1ccc(N(c2ccccc2)c2ccc3c(c2)oc2c4c(ccc23)B2c3ccc5c(oc6cc(N(c7ccccc7)c7ccccc7)ccc65)c3Oc3cccc(c32)O4)cc1. The molecule has 2 aromatic heterocycles. The number of ether oxygens (including phenoxy) is 2. The third-order valence-corrected chi connectivity index (χ3v) is 12.2. The third-order valence-electron chi connectivity index (χ3n) is 12.2. The lowest BCUT2D eigenvalue weighted by Crippen LogP contribution is -2.57. The van der Waals surface area contributed by atoms with Gasteiger partial charge in [-0.1, -0.05) is 103 Å². The molecule has 0 unspecified atom stereocenters. The van der Waals surface area contributed by atoms with Gasteiger partial charge < -0.3 is 28.1 Å². The molecule has 0 amide bonds. The van der Waals surface area contributed by atoms with Crippen molar-refractivity contribution in [2.75, 3.05) is 9.80 Å². The van der Waals surface area contributed by atoms with Gasteiger partial charge in [-0.15, -0.1) is 0 Å². The summed E-state index contributed by atoms with van der Waals surface area (Å²) in [7, 11) is 0. The summed E-state index contributed by atoms with van der Waals surface area (Å²) in [4.78, 5) is 4.50. The van der Waals surface area contributed by atoms with Gasteiger partial charge in [0.05, 0.1) is 0 Å². The van der Waals surface area contributed by atoms with Crippen LogP contribution >= 0.6 is 0 Å². The molecule has 0 fully saturated rings. The summed E-state index contributed by atoms with van der Waals surface area (Å²) in [5.41, 5.74) is 12.3. The van der Waals surface area contributed by atoms with Gasteiger partial charge in [0.25, 0.3) is 6.71 Å². The summed E-state index contributed by atoms with van der Waals surface area (Å²) in [6, 6.07) is 69.3. The number of hydrogen-bond donors (Lipinski definition) is 0. The molecule has 61 heavy (non-hydrogen) atoms. The molecule has 0 radical (unpaired) electrons. The van der Waals surface area contributed by atoms with Gasteiger partial charge in [0.1, 0.15) is 22.7 Å². The normalized spacial score (nSPS) is 12.5. The highest BCUT2D eigenvalue weighted by molar-refractivity contribution is 6.98. The number of para-hydroxylation sites is 4. The molecular formula is C54H33BN2O4. The average molecular weight is 785 g/mol. The molecule has 0 bridgehead atoms. The second-order valence-electron chi connectivity index (χ2n) is 15.6. The number of nitrogens with zero attached hydrogens (tertiary/aromatic N) is 2. The average Bonchev–Trinajstić information content (AvgIpc) is 3.89. The van der Waals surface area contributed by atoms with Crippen molar-refractivity contribution < 1.29 is 18.3 Å². The number of furan rings is 2. The minimum absolute atomic E-state index is 0.168. The standard InChI is InChI=1S/C54H33BN2O4/c1-5-14-34(15-6-1)56(35-16-7-2-8-17-35)38-24-26-40-42-28-30-44-53(51(42)60-48(40)32-38)58-46-22-13-23-47-50(46)55(44)45-31-29-43-41-27-25-39(33-49(41)61-52(43)54(45)59-47)57(36-18-9-3-10-19-36)37-20-11-4-12-21-37/h1-33H. The van der Waals surface area contributed by atoms with Gasteiger partial charge in [0, 0.05) is 73.3 Å². The second-order valence-corrected chi connectivity index (χ2v) is 15.6. The maximum absolute atomic E-state index is 6.86. The molecule has 2 aliphatic rings. The van der Waals surface area contributed by atoms with Gasteiger partial charge in [0.15, 0.2) is 22.7 Å². The summed E-state index contributed by atoms with van der Waals surface area (Å²) >= 11 is 0. The van der Waals surface area contributed by atoms with Crippen molar-refractivity contribution in [3.63, 3.8) is 0 Å². The van der Waals surface area contributed by atoms with Gasteiger partial charge in [-0.05, 0) is 95.9 Å². The molecule has 0 atom stereocenters. The lowest BCUT2D eigenvalue weighted by molar-refractivity contribution is 0.459. The van der Waals surface area contributed by atoms with Gasteiger partial charge in [0.2, 0.25) is 0 Å². The molecule has 7 heteroatoms. The Labute approximate surface area is 351 Å². The molecule has 0 spiro atoms. The second kappa shape index (κ2) is 13.2. The van der Waals surface area contributed by atoms with Crippen molar-refractivity contribution in [3.8, 4) is 23.0 Å². The number of fused-ring (bicyclic) bond motifs is 12. The van der Waals surface area contributed by atoms with Crippen LogP contribution in [0.1, 0.15) is 0 Å². The number of rotatable bonds is 6. The van der Waals surface area contributed by atoms with Crippen LogP contribution in [0.15, 0.2) is 209 Å². The van der Waals surface area contributed by atoms with Gasteiger partial charge in [-0.3, -0.25) is 0 Å². The van der Waals surface area contributed by atoms with Crippen molar-refractivity contribution in [1.29, 1.82) is 0 Å². The highest BCUT2D eigenvalue weighted by Gasteiger charge is 2.42. The Bertz CT molecular complexity index is 3190. The third kappa shape index (κ3) is 5.17. The predicted octanol–water partition coefficient (Wildman–Crippen LogP) is 13.2. The molecule has 6 nitrogen and oxygen atoms in total. The fourth-order valence-corrected chi connectivity index (χ4v) is 9.47. The smallest absolute Gasteiger partial charge is 0.261 e. The highest BCUT2D eigenvalue weighted by Crippen LogP contribution is 2.45. The topological polar surface area (TPSA) is 51.2 Å². The van der Waals surface area contributed by atoms with Crippen LogP contribution in [0.4, 0.5) is 34.1 Å². The van der Waals surface area contributed by atoms with Gasteiger partial charge >= 0.3 is 0 Å². The van der Waals surface area contributed by atoms with E-state index in [9.17, 15) is 0 Å². The minimum Gasteiger partial charge on any atom is -0.454 e. The lowest BCUT2D eigenvalue weighted by Gasteiger charge is -2.32. The van der Waals surface area contributed by atoms with Crippen molar-refractivity contribution in [3.05, 3.63) is 200 Å². The maximum atomic E-state index is 6.86. The van der Waals surface area contributed by atoms with Crippen LogP contribution in [0.2, 0.25) is 0 Å². The molecule has 2 aliphatic heterocycles. The Balaban J connectivity index is 0.950. The van der Waals surface area contributed by atoms with Crippen molar-refractivity contribution in [2.45, 2.75) is 0 Å². The zero-order valence-electron chi connectivity index (χ0n) is 32.7. The molecular weight excluding hydrogens is 751 g/mol. The largest absolute Gasteiger partial charge is 0.454 e. The van der Waals surface area contributed by atoms with E-state index < -0.39 is 0 Å². The van der Waals surface area contributed by atoms with Crippen LogP contribution in [0.5, 0.6) is 23.0 Å². The van der Waals surface area contributed by atoms with Crippen LogP contribution in [-0.4, -0.2) is 6.71 Å². The van der Waals surface area contributed by atoms with E-state index in [0.717, 1.165) is 117 Å². The van der Waals surface area contributed by atoms with E-state index in [2.05, 4.69) is 168 Å². The molecule has 13 rings (SSSR count). The van der Waals surface area contributed by atoms with Crippen molar-refractivity contribution in [2.24, 2.45) is 0 Å². The Morgan fingerprint density at radius 2 is 0.705 bits per heavy atom. The fourth-order valence-electron chi connectivity index (χ4n) is 9.47. The first-order valence-electron chi connectivity index (χ1n) is 20.5. The molecule has 9 aromatic carbocycles. The van der Waals surface area contributed by atoms with E-state index in [1.54, 1.807) is 0 Å². The first-order chi connectivity index (χ1) is 30.2. The van der Waals surface area contributed by atoms with Crippen LogP contribution in [0.3, 0.4) is 0 Å². The van der Waals surface area contributed by atoms with Crippen molar-refractivity contribution in [1.82, 2.24) is 0 Å². The molecule has 0 saturated heterocycles. The maximum Gasteiger partial charge on any atom is 0.261 e. The summed E-state index contributed by atoms with van der Waals surface area (Å²) in [6.45, 7) is -0.168. The summed E-state index contributed by atoms with van der Waals surface area (Å²) in [5.74, 6) is 2.95. The van der Waals surface area contributed by atoms with Crippen molar-refractivity contribution >= 4 is 101 Å². The summed E-state index contributed by atoms with van der Waals surface area (Å²) in [5, 5.41) is 4.06. The molecule has 4 heterocycles. The minimum atomic E-state index is -0.168. The lowest BCUT2D eigenvalue weighted by atomic mass is 9.35. The Kier molecular flexibility index (Phi) is 7.30. The number of benzene rings is 9.